The lowest BCUT2D eigenvalue weighted by atomic mass is 10.0. The molecule has 1 aromatic heterocycles. The molecule has 3 aromatic carbocycles. The Morgan fingerprint density at radius 2 is 1.61 bits per heavy atom. The molecule has 0 aliphatic heterocycles. The molecule has 4 aromatic rings. The van der Waals surface area contributed by atoms with Gasteiger partial charge in [0, 0.05) is 34.1 Å². The highest BCUT2D eigenvalue weighted by molar-refractivity contribution is 6.33. The summed E-state index contributed by atoms with van der Waals surface area (Å²) in [4.78, 5) is 30.0. The van der Waals surface area contributed by atoms with Crippen molar-refractivity contribution in [1.82, 2.24) is 14.9 Å². The number of nitrogens with zero attached hydrogens (tertiary/aromatic N) is 2. The minimum absolute atomic E-state index is 0.157. The molecule has 0 bridgehead atoms. The Kier molecular flexibility index (Phi) is 6.24. The molecular formula is C25H20ClN3O2. The van der Waals surface area contributed by atoms with Gasteiger partial charge in [-0.15, -0.1) is 0 Å². The van der Waals surface area contributed by atoms with Gasteiger partial charge in [-0.3, -0.25) is 9.59 Å². The maximum atomic E-state index is 13.1. The molecule has 1 atom stereocenters. The van der Waals surface area contributed by atoms with Crippen LogP contribution in [0.5, 0.6) is 0 Å². The Balaban J connectivity index is 1.54. The molecule has 0 radical (unpaired) electrons. The molecule has 1 amide bonds. The van der Waals surface area contributed by atoms with E-state index in [1.165, 1.54) is 0 Å². The fourth-order valence-electron chi connectivity index (χ4n) is 3.34. The van der Waals surface area contributed by atoms with Gasteiger partial charge in [-0.05, 0) is 23.8 Å². The van der Waals surface area contributed by atoms with Gasteiger partial charge in [-0.25, -0.2) is 4.98 Å². The van der Waals surface area contributed by atoms with E-state index in [2.05, 4.69) is 10.3 Å². The number of Topliss-reactive ketones (excluding diaryl/α,β-unsaturated/α-hetero) is 1. The molecule has 154 valence electrons. The van der Waals surface area contributed by atoms with Gasteiger partial charge in [0.05, 0.1) is 12.9 Å². The normalized spacial score (nSPS) is 11.6. The van der Waals surface area contributed by atoms with Crippen molar-refractivity contribution in [2.24, 2.45) is 0 Å². The number of ketones is 1. The van der Waals surface area contributed by atoms with Crippen LogP contribution in [-0.4, -0.2) is 27.3 Å². The summed E-state index contributed by atoms with van der Waals surface area (Å²) in [6.45, 7) is 0.289. The summed E-state index contributed by atoms with van der Waals surface area (Å²) in [7, 11) is 0. The van der Waals surface area contributed by atoms with E-state index in [9.17, 15) is 9.59 Å². The highest BCUT2D eigenvalue weighted by Gasteiger charge is 2.23. The molecule has 0 fully saturated rings. The quantitative estimate of drug-likeness (QED) is 0.425. The molecule has 1 heterocycles. The van der Waals surface area contributed by atoms with Crippen molar-refractivity contribution >= 4 is 23.3 Å². The lowest BCUT2D eigenvalue weighted by Crippen LogP contribution is -2.43. The van der Waals surface area contributed by atoms with Gasteiger partial charge >= 0.3 is 0 Å². The van der Waals surface area contributed by atoms with E-state index < -0.39 is 6.04 Å². The highest BCUT2D eigenvalue weighted by atomic mass is 35.5. The van der Waals surface area contributed by atoms with Crippen LogP contribution in [0.1, 0.15) is 20.7 Å². The van der Waals surface area contributed by atoms with Crippen LogP contribution in [0.2, 0.25) is 5.02 Å². The first-order valence-corrected chi connectivity index (χ1v) is 10.2. The summed E-state index contributed by atoms with van der Waals surface area (Å²) in [6, 6.07) is 22.9. The predicted octanol–water partition coefficient (Wildman–Crippen LogP) is 4.89. The standard InChI is InChI=1S/C25H20ClN3O2/c26-22-9-5-4-8-21(22)18-10-12-20(13-11-18)25(31)28-23(16-29-15-14-27-17-29)24(30)19-6-2-1-3-7-19/h1-15,17,23H,16H2,(H,28,31). The van der Waals surface area contributed by atoms with Crippen LogP contribution in [0.15, 0.2) is 97.6 Å². The maximum Gasteiger partial charge on any atom is 0.251 e. The Bertz CT molecular complexity index is 1170. The van der Waals surface area contributed by atoms with Crippen LogP contribution >= 0.6 is 11.6 Å². The number of carbonyl (C=O) groups excluding carboxylic acids is 2. The van der Waals surface area contributed by atoms with Crippen molar-refractivity contribution in [3.05, 3.63) is 114 Å². The van der Waals surface area contributed by atoms with Gasteiger partial charge in [0.25, 0.3) is 5.91 Å². The van der Waals surface area contributed by atoms with E-state index in [-0.39, 0.29) is 18.2 Å². The van der Waals surface area contributed by atoms with Crippen molar-refractivity contribution in [3.63, 3.8) is 0 Å². The number of rotatable bonds is 7. The fourth-order valence-corrected chi connectivity index (χ4v) is 3.59. The van der Waals surface area contributed by atoms with Crippen LogP contribution < -0.4 is 5.32 Å². The Labute approximate surface area is 185 Å². The first-order valence-electron chi connectivity index (χ1n) is 9.82. The first-order chi connectivity index (χ1) is 15.1. The third kappa shape index (κ3) is 4.90. The lowest BCUT2D eigenvalue weighted by Gasteiger charge is -2.18. The van der Waals surface area contributed by atoms with E-state index in [1.54, 1.807) is 59.7 Å². The summed E-state index contributed by atoms with van der Waals surface area (Å²) >= 11 is 6.27. The molecule has 1 unspecified atom stereocenters. The number of carbonyl (C=O) groups is 2. The van der Waals surface area contributed by atoms with Crippen molar-refractivity contribution in [1.29, 1.82) is 0 Å². The van der Waals surface area contributed by atoms with Crippen molar-refractivity contribution in [3.8, 4) is 11.1 Å². The van der Waals surface area contributed by atoms with E-state index in [0.29, 0.717) is 16.1 Å². The predicted molar refractivity (Wildman–Crippen MR) is 121 cm³/mol. The molecule has 0 spiro atoms. The molecular weight excluding hydrogens is 410 g/mol. The average molecular weight is 430 g/mol. The molecule has 1 N–H and O–H groups in total. The summed E-state index contributed by atoms with van der Waals surface area (Å²) in [5, 5.41) is 3.52. The monoisotopic (exact) mass is 429 g/mol. The molecule has 31 heavy (non-hydrogen) atoms. The Morgan fingerprint density at radius 1 is 0.903 bits per heavy atom. The van der Waals surface area contributed by atoms with Crippen LogP contribution in [0.3, 0.4) is 0 Å². The molecule has 0 saturated heterocycles. The van der Waals surface area contributed by atoms with Crippen molar-refractivity contribution < 1.29 is 9.59 Å². The average Bonchev–Trinajstić information content (AvgIpc) is 3.32. The summed E-state index contributed by atoms with van der Waals surface area (Å²) in [6.07, 6.45) is 5.02. The SMILES string of the molecule is O=C(NC(Cn1ccnc1)C(=O)c1ccccc1)c1ccc(-c2ccccc2Cl)cc1. The molecule has 4 rings (SSSR count). The number of imidazole rings is 1. The van der Waals surface area contributed by atoms with Gasteiger partial charge in [0.15, 0.2) is 5.78 Å². The topological polar surface area (TPSA) is 64.0 Å². The summed E-state index contributed by atoms with van der Waals surface area (Å²) < 4.78 is 1.77. The maximum absolute atomic E-state index is 13.1. The minimum atomic E-state index is -0.729. The van der Waals surface area contributed by atoms with Gasteiger partial charge in [0.1, 0.15) is 6.04 Å². The number of amides is 1. The largest absolute Gasteiger partial charge is 0.340 e. The number of halogens is 1. The minimum Gasteiger partial charge on any atom is -0.340 e. The van der Waals surface area contributed by atoms with Crippen LogP contribution in [0.25, 0.3) is 11.1 Å². The third-order valence-corrected chi connectivity index (χ3v) is 5.29. The second-order valence-electron chi connectivity index (χ2n) is 7.07. The van der Waals surface area contributed by atoms with Gasteiger partial charge < -0.3 is 9.88 Å². The second kappa shape index (κ2) is 9.41. The number of aromatic nitrogens is 2. The van der Waals surface area contributed by atoms with E-state index in [0.717, 1.165) is 11.1 Å². The number of benzene rings is 3. The molecule has 0 aliphatic carbocycles. The fraction of sp³-hybridized carbons (Fsp3) is 0.0800. The number of hydrogen-bond acceptors (Lipinski definition) is 3. The summed E-state index contributed by atoms with van der Waals surface area (Å²) in [5.41, 5.74) is 2.82. The molecule has 5 nitrogen and oxygen atoms in total. The van der Waals surface area contributed by atoms with Crippen LogP contribution in [0, 0.1) is 0 Å². The lowest BCUT2D eigenvalue weighted by molar-refractivity contribution is 0.0847. The van der Waals surface area contributed by atoms with Gasteiger partial charge in [-0.1, -0.05) is 72.3 Å². The van der Waals surface area contributed by atoms with Crippen LogP contribution in [0.4, 0.5) is 0 Å². The zero-order chi connectivity index (χ0) is 21.6. The first kappa shape index (κ1) is 20.6. The molecule has 0 saturated carbocycles. The van der Waals surface area contributed by atoms with Crippen molar-refractivity contribution in [2.45, 2.75) is 12.6 Å². The van der Waals surface area contributed by atoms with Crippen molar-refractivity contribution in [2.75, 3.05) is 0 Å². The van der Waals surface area contributed by atoms with Gasteiger partial charge in [-0.2, -0.15) is 0 Å². The molecule has 6 heteroatoms. The van der Waals surface area contributed by atoms with E-state index >= 15 is 0 Å². The third-order valence-electron chi connectivity index (χ3n) is 4.96. The Hall–Kier alpha value is -3.70. The smallest absolute Gasteiger partial charge is 0.251 e. The second-order valence-corrected chi connectivity index (χ2v) is 7.48. The highest BCUT2D eigenvalue weighted by Crippen LogP contribution is 2.27. The van der Waals surface area contributed by atoms with Crippen LogP contribution in [-0.2, 0) is 6.54 Å². The van der Waals surface area contributed by atoms with E-state index in [4.69, 9.17) is 11.6 Å². The zero-order valence-electron chi connectivity index (χ0n) is 16.6. The van der Waals surface area contributed by atoms with Gasteiger partial charge in [0.2, 0.25) is 0 Å². The summed E-state index contributed by atoms with van der Waals surface area (Å²) in [5.74, 6) is -0.476. The molecule has 0 aliphatic rings. The Morgan fingerprint density at radius 3 is 2.29 bits per heavy atom. The number of hydrogen-bond donors (Lipinski definition) is 1. The number of nitrogens with one attached hydrogen (secondary N) is 1. The zero-order valence-corrected chi connectivity index (χ0v) is 17.4. The van der Waals surface area contributed by atoms with E-state index in [1.807, 2.05) is 42.5 Å².